The lowest BCUT2D eigenvalue weighted by atomic mass is 10.3. The number of nitrogens with one attached hydrogen (secondary N) is 2. The summed E-state index contributed by atoms with van der Waals surface area (Å²) in [6.45, 7) is 5.64. The van der Waals surface area contributed by atoms with Gasteiger partial charge in [-0.2, -0.15) is 0 Å². The second-order valence-corrected chi connectivity index (χ2v) is 4.37. The van der Waals surface area contributed by atoms with Crippen molar-refractivity contribution < 1.29 is 14.2 Å². The maximum atomic E-state index is 5.41. The van der Waals surface area contributed by atoms with Crippen LogP contribution in [0.5, 0.6) is 5.75 Å². The van der Waals surface area contributed by atoms with Crippen molar-refractivity contribution in [3.05, 3.63) is 6.33 Å². The highest BCUT2D eigenvalue weighted by atomic mass is 16.5. The zero-order valence-corrected chi connectivity index (χ0v) is 13.1. The van der Waals surface area contributed by atoms with Gasteiger partial charge >= 0.3 is 0 Å². The predicted octanol–water partition coefficient (Wildman–Crippen LogP) is 1.77. The molecule has 1 rings (SSSR count). The SMILES string of the molecule is CCNc1ncnc(NCCCCOCCOC)c1OC. The minimum absolute atomic E-state index is 0.642. The number of methoxy groups -OCH3 is 2. The first kappa shape index (κ1) is 17.5. The molecule has 0 aliphatic heterocycles. The summed E-state index contributed by atoms with van der Waals surface area (Å²) < 4.78 is 15.7. The van der Waals surface area contributed by atoms with Crippen molar-refractivity contribution in [1.82, 2.24) is 9.97 Å². The molecule has 0 unspecified atom stereocenters. The van der Waals surface area contributed by atoms with Crippen LogP contribution in [-0.2, 0) is 9.47 Å². The largest absolute Gasteiger partial charge is 0.490 e. The molecule has 0 bridgehead atoms. The van der Waals surface area contributed by atoms with E-state index in [1.54, 1.807) is 14.2 Å². The molecule has 0 amide bonds. The number of hydrogen-bond donors (Lipinski definition) is 2. The van der Waals surface area contributed by atoms with Gasteiger partial charge in [0, 0.05) is 26.8 Å². The molecule has 0 fully saturated rings. The Bertz CT molecular complexity index is 390. The monoisotopic (exact) mass is 298 g/mol. The smallest absolute Gasteiger partial charge is 0.204 e. The van der Waals surface area contributed by atoms with Crippen LogP contribution in [0.3, 0.4) is 0 Å². The van der Waals surface area contributed by atoms with Gasteiger partial charge in [0.15, 0.2) is 11.6 Å². The fourth-order valence-electron chi connectivity index (χ4n) is 1.77. The standard InChI is InChI=1S/C14H26N4O3/c1-4-15-13-12(20-3)14(18-11-17-13)16-7-5-6-8-21-10-9-19-2/h11H,4-10H2,1-3H3,(H2,15,16,17,18). The molecular formula is C14H26N4O3. The van der Waals surface area contributed by atoms with Crippen molar-refractivity contribution in [3.8, 4) is 5.75 Å². The molecule has 120 valence electrons. The Hall–Kier alpha value is -1.60. The van der Waals surface area contributed by atoms with E-state index < -0.39 is 0 Å². The lowest BCUT2D eigenvalue weighted by Crippen LogP contribution is -2.10. The number of nitrogens with zero attached hydrogens (tertiary/aromatic N) is 2. The number of unbranched alkanes of at least 4 members (excludes halogenated alkanes) is 1. The topological polar surface area (TPSA) is 77.5 Å². The zero-order valence-electron chi connectivity index (χ0n) is 13.1. The molecule has 0 saturated carbocycles. The van der Waals surface area contributed by atoms with Gasteiger partial charge in [-0.3, -0.25) is 0 Å². The van der Waals surface area contributed by atoms with E-state index in [9.17, 15) is 0 Å². The Morgan fingerprint density at radius 2 is 1.76 bits per heavy atom. The summed E-state index contributed by atoms with van der Waals surface area (Å²) in [6.07, 6.45) is 3.51. The van der Waals surface area contributed by atoms with E-state index in [4.69, 9.17) is 14.2 Å². The van der Waals surface area contributed by atoms with Crippen molar-refractivity contribution in [2.45, 2.75) is 19.8 Å². The van der Waals surface area contributed by atoms with E-state index in [1.165, 1.54) is 6.33 Å². The van der Waals surface area contributed by atoms with E-state index in [2.05, 4.69) is 20.6 Å². The second-order valence-electron chi connectivity index (χ2n) is 4.37. The quantitative estimate of drug-likeness (QED) is 0.569. The summed E-state index contributed by atoms with van der Waals surface area (Å²) in [4.78, 5) is 8.38. The van der Waals surface area contributed by atoms with Crippen LogP contribution in [0.25, 0.3) is 0 Å². The molecule has 0 saturated heterocycles. The lowest BCUT2D eigenvalue weighted by molar-refractivity contribution is 0.0691. The van der Waals surface area contributed by atoms with Crippen LogP contribution in [0.4, 0.5) is 11.6 Å². The maximum Gasteiger partial charge on any atom is 0.204 e. The average molecular weight is 298 g/mol. The molecule has 21 heavy (non-hydrogen) atoms. The molecule has 0 spiro atoms. The van der Waals surface area contributed by atoms with Crippen LogP contribution in [0.15, 0.2) is 6.33 Å². The van der Waals surface area contributed by atoms with Crippen molar-refractivity contribution >= 4 is 11.6 Å². The van der Waals surface area contributed by atoms with Crippen LogP contribution in [-0.4, -0.2) is 57.1 Å². The molecule has 0 atom stereocenters. The first-order valence-corrected chi connectivity index (χ1v) is 7.26. The van der Waals surface area contributed by atoms with Crippen molar-refractivity contribution in [2.24, 2.45) is 0 Å². The van der Waals surface area contributed by atoms with Gasteiger partial charge in [-0.25, -0.2) is 9.97 Å². The Morgan fingerprint density at radius 3 is 2.43 bits per heavy atom. The van der Waals surface area contributed by atoms with Gasteiger partial charge in [-0.1, -0.05) is 0 Å². The first-order chi connectivity index (χ1) is 10.3. The predicted molar refractivity (Wildman–Crippen MR) is 83.2 cm³/mol. The van der Waals surface area contributed by atoms with Crippen molar-refractivity contribution in [3.63, 3.8) is 0 Å². The van der Waals surface area contributed by atoms with Crippen LogP contribution in [0.1, 0.15) is 19.8 Å². The third-order valence-corrected chi connectivity index (χ3v) is 2.79. The summed E-state index contributed by atoms with van der Waals surface area (Å²) >= 11 is 0. The van der Waals surface area contributed by atoms with Crippen LogP contribution < -0.4 is 15.4 Å². The highest BCUT2D eigenvalue weighted by Gasteiger charge is 2.10. The highest BCUT2D eigenvalue weighted by molar-refractivity contribution is 5.63. The number of rotatable bonds is 12. The van der Waals surface area contributed by atoms with Crippen LogP contribution >= 0.6 is 0 Å². The second kappa shape index (κ2) is 11.1. The number of aromatic nitrogens is 2. The summed E-state index contributed by atoms with van der Waals surface area (Å²) in [5.74, 6) is 2.07. The number of hydrogen-bond acceptors (Lipinski definition) is 7. The van der Waals surface area contributed by atoms with Gasteiger partial charge < -0.3 is 24.8 Å². The van der Waals surface area contributed by atoms with Gasteiger partial charge in [-0.15, -0.1) is 0 Å². The average Bonchev–Trinajstić information content (AvgIpc) is 2.50. The van der Waals surface area contributed by atoms with E-state index in [0.717, 1.165) is 32.5 Å². The van der Waals surface area contributed by atoms with E-state index in [1.807, 2.05) is 6.92 Å². The van der Waals surface area contributed by atoms with Gasteiger partial charge in [0.2, 0.25) is 5.75 Å². The minimum Gasteiger partial charge on any atom is -0.490 e. The van der Waals surface area contributed by atoms with E-state index in [-0.39, 0.29) is 0 Å². The van der Waals surface area contributed by atoms with Crippen molar-refractivity contribution in [1.29, 1.82) is 0 Å². The molecule has 0 aliphatic rings. The molecule has 1 aromatic heterocycles. The third kappa shape index (κ3) is 6.59. The molecule has 0 radical (unpaired) electrons. The van der Waals surface area contributed by atoms with E-state index in [0.29, 0.717) is 30.6 Å². The third-order valence-electron chi connectivity index (χ3n) is 2.79. The Morgan fingerprint density at radius 1 is 1.00 bits per heavy atom. The molecule has 7 heteroatoms. The lowest BCUT2D eigenvalue weighted by Gasteiger charge is -2.13. The Kier molecular flexibility index (Phi) is 9.23. The molecule has 2 N–H and O–H groups in total. The maximum absolute atomic E-state index is 5.41. The Labute approximate surface area is 126 Å². The summed E-state index contributed by atoms with van der Waals surface area (Å²) in [6, 6.07) is 0. The molecule has 0 aromatic carbocycles. The molecule has 1 aromatic rings. The molecule has 7 nitrogen and oxygen atoms in total. The highest BCUT2D eigenvalue weighted by Crippen LogP contribution is 2.28. The minimum atomic E-state index is 0.642. The summed E-state index contributed by atoms with van der Waals surface area (Å²) in [5, 5.41) is 6.42. The van der Waals surface area contributed by atoms with Gasteiger partial charge in [0.25, 0.3) is 0 Å². The molecule has 1 heterocycles. The zero-order chi connectivity index (χ0) is 15.3. The summed E-state index contributed by atoms with van der Waals surface area (Å²) in [5.41, 5.74) is 0. The van der Waals surface area contributed by atoms with Gasteiger partial charge in [0.1, 0.15) is 6.33 Å². The molecular weight excluding hydrogens is 272 g/mol. The fraction of sp³-hybridized carbons (Fsp3) is 0.714. The van der Waals surface area contributed by atoms with Gasteiger partial charge in [0.05, 0.1) is 20.3 Å². The van der Waals surface area contributed by atoms with Crippen LogP contribution in [0.2, 0.25) is 0 Å². The fourth-order valence-corrected chi connectivity index (χ4v) is 1.77. The van der Waals surface area contributed by atoms with Crippen molar-refractivity contribution in [2.75, 3.05) is 57.8 Å². The normalized spacial score (nSPS) is 10.4. The summed E-state index contributed by atoms with van der Waals surface area (Å²) in [7, 11) is 3.29. The van der Waals surface area contributed by atoms with Crippen LogP contribution in [0, 0.1) is 0 Å². The number of ether oxygens (including phenoxy) is 3. The molecule has 0 aliphatic carbocycles. The first-order valence-electron chi connectivity index (χ1n) is 7.26. The Balaban J connectivity index is 2.30. The van der Waals surface area contributed by atoms with Gasteiger partial charge in [-0.05, 0) is 19.8 Å². The number of anilines is 2. The van der Waals surface area contributed by atoms with E-state index >= 15 is 0 Å².